The van der Waals surface area contributed by atoms with E-state index in [4.69, 9.17) is 9.47 Å². The molecule has 0 aliphatic carbocycles. The Kier molecular flexibility index (Phi) is 4.62. The first kappa shape index (κ1) is 14.4. The molecule has 1 aliphatic rings. The molecule has 1 aromatic rings. The highest BCUT2D eigenvalue weighted by atomic mass is 19.2. The molecule has 20 heavy (non-hydrogen) atoms. The van der Waals surface area contributed by atoms with Gasteiger partial charge < -0.3 is 14.8 Å². The predicted molar refractivity (Wildman–Crippen MR) is 64.9 cm³/mol. The Labute approximate surface area is 113 Å². The summed E-state index contributed by atoms with van der Waals surface area (Å²) in [6.07, 6.45) is 0.732. The van der Waals surface area contributed by atoms with Crippen LogP contribution in [0, 0.1) is 11.6 Å². The van der Waals surface area contributed by atoms with Gasteiger partial charge in [0.15, 0.2) is 24.3 Å². The Morgan fingerprint density at radius 3 is 2.80 bits per heavy atom. The van der Waals surface area contributed by atoms with Gasteiger partial charge in [0.05, 0.1) is 0 Å². The molecule has 0 unspecified atom stereocenters. The van der Waals surface area contributed by atoms with Crippen molar-refractivity contribution in [1.82, 2.24) is 0 Å². The Hall–Kier alpha value is -2.02. The van der Waals surface area contributed by atoms with Crippen molar-refractivity contribution < 1.29 is 27.8 Å². The average Bonchev–Trinajstić information content (AvgIpc) is 2.94. The minimum atomic E-state index is -1.07. The third kappa shape index (κ3) is 3.74. The largest absolute Gasteiger partial charge is 0.454 e. The first-order valence-corrected chi connectivity index (χ1v) is 6.09. The van der Waals surface area contributed by atoms with Gasteiger partial charge in [-0.05, 0) is 25.0 Å². The van der Waals surface area contributed by atoms with E-state index in [0.717, 1.165) is 18.6 Å². The summed E-state index contributed by atoms with van der Waals surface area (Å²) in [5.41, 5.74) is 0.0852. The molecule has 0 bridgehead atoms. The van der Waals surface area contributed by atoms with Crippen LogP contribution in [-0.2, 0) is 19.1 Å². The quantitative estimate of drug-likeness (QED) is 0.854. The summed E-state index contributed by atoms with van der Waals surface area (Å²) in [6.45, 7) is -0.00148. The van der Waals surface area contributed by atoms with Crippen molar-refractivity contribution in [2.45, 2.75) is 18.9 Å². The Bertz CT molecular complexity index is 515. The molecule has 1 heterocycles. The molecular formula is C13H13F2NO4. The van der Waals surface area contributed by atoms with Crippen molar-refractivity contribution in [1.29, 1.82) is 0 Å². The molecule has 0 saturated carbocycles. The number of rotatable bonds is 4. The van der Waals surface area contributed by atoms with Crippen LogP contribution in [0.4, 0.5) is 14.5 Å². The molecule has 2 rings (SSSR count). The fourth-order valence-electron chi connectivity index (χ4n) is 1.76. The average molecular weight is 285 g/mol. The number of benzene rings is 1. The van der Waals surface area contributed by atoms with Crippen LogP contribution in [0.2, 0.25) is 0 Å². The summed E-state index contributed by atoms with van der Waals surface area (Å²) >= 11 is 0. The lowest BCUT2D eigenvalue weighted by molar-refractivity contribution is -0.156. The number of anilines is 1. The van der Waals surface area contributed by atoms with E-state index in [2.05, 4.69) is 5.32 Å². The van der Waals surface area contributed by atoms with Gasteiger partial charge in [-0.15, -0.1) is 0 Å². The van der Waals surface area contributed by atoms with Gasteiger partial charge in [-0.2, -0.15) is 0 Å². The maximum atomic E-state index is 12.9. The fraction of sp³-hybridized carbons (Fsp3) is 0.385. The lowest BCUT2D eigenvalue weighted by Crippen LogP contribution is -2.27. The van der Waals surface area contributed by atoms with Crippen LogP contribution < -0.4 is 5.32 Å². The maximum absolute atomic E-state index is 12.9. The molecule has 1 aromatic carbocycles. The van der Waals surface area contributed by atoms with Crippen molar-refractivity contribution in [3.05, 3.63) is 29.8 Å². The Morgan fingerprint density at radius 2 is 2.15 bits per heavy atom. The monoisotopic (exact) mass is 285 g/mol. The van der Waals surface area contributed by atoms with Gasteiger partial charge in [0.2, 0.25) is 0 Å². The highest BCUT2D eigenvalue weighted by Crippen LogP contribution is 2.14. The molecule has 0 aromatic heterocycles. The predicted octanol–water partition coefficient (Wildman–Crippen LogP) is 1.63. The molecule has 1 aliphatic heterocycles. The second-order valence-corrected chi connectivity index (χ2v) is 4.29. The first-order chi connectivity index (χ1) is 9.56. The van der Waals surface area contributed by atoms with Crippen LogP contribution in [0.5, 0.6) is 0 Å². The van der Waals surface area contributed by atoms with E-state index in [1.54, 1.807) is 0 Å². The van der Waals surface area contributed by atoms with E-state index in [0.29, 0.717) is 13.0 Å². The van der Waals surface area contributed by atoms with Crippen molar-refractivity contribution in [2.75, 3.05) is 18.5 Å². The number of nitrogens with one attached hydrogen (secondary N) is 1. The minimum absolute atomic E-state index is 0.0852. The van der Waals surface area contributed by atoms with Crippen LogP contribution in [0.3, 0.4) is 0 Å². The van der Waals surface area contributed by atoms with E-state index in [-0.39, 0.29) is 5.69 Å². The first-order valence-electron chi connectivity index (χ1n) is 6.09. The lowest BCUT2D eigenvalue weighted by Gasteiger charge is -2.10. The SMILES string of the molecule is O=C(COC(=O)[C@H]1CCCO1)Nc1ccc(F)c(F)c1. The van der Waals surface area contributed by atoms with E-state index < -0.39 is 36.2 Å². The summed E-state index contributed by atoms with van der Waals surface area (Å²) in [6, 6.07) is 2.94. The molecule has 1 N–H and O–H groups in total. The zero-order chi connectivity index (χ0) is 14.5. The van der Waals surface area contributed by atoms with Gasteiger partial charge in [0.25, 0.3) is 5.91 Å². The minimum Gasteiger partial charge on any atom is -0.454 e. The number of ether oxygens (including phenoxy) is 2. The molecule has 108 valence electrons. The van der Waals surface area contributed by atoms with Crippen LogP contribution >= 0.6 is 0 Å². The molecule has 1 atom stereocenters. The van der Waals surface area contributed by atoms with Crippen molar-refractivity contribution in [3.8, 4) is 0 Å². The third-order valence-corrected chi connectivity index (χ3v) is 2.74. The number of esters is 1. The van der Waals surface area contributed by atoms with Gasteiger partial charge in [-0.1, -0.05) is 0 Å². The molecule has 1 amide bonds. The van der Waals surface area contributed by atoms with Gasteiger partial charge >= 0.3 is 5.97 Å². The molecule has 5 nitrogen and oxygen atoms in total. The zero-order valence-electron chi connectivity index (χ0n) is 10.5. The topological polar surface area (TPSA) is 64.6 Å². The van der Waals surface area contributed by atoms with E-state index in [9.17, 15) is 18.4 Å². The lowest BCUT2D eigenvalue weighted by atomic mass is 10.2. The highest BCUT2D eigenvalue weighted by molar-refractivity contribution is 5.93. The molecular weight excluding hydrogens is 272 g/mol. The van der Waals surface area contributed by atoms with Gasteiger partial charge in [0, 0.05) is 18.4 Å². The van der Waals surface area contributed by atoms with Crippen molar-refractivity contribution in [3.63, 3.8) is 0 Å². The van der Waals surface area contributed by atoms with Gasteiger partial charge in [0.1, 0.15) is 0 Å². The smallest absolute Gasteiger partial charge is 0.335 e. The van der Waals surface area contributed by atoms with Crippen LogP contribution in [-0.4, -0.2) is 31.2 Å². The van der Waals surface area contributed by atoms with Crippen LogP contribution in [0.25, 0.3) is 0 Å². The van der Waals surface area contributed by atoms with E-state index >= 15 is 0 Å². The fourth-order valence-corrected chi connectivity index (χ4v) is 1.76. The molecule has 7 heteroatoms. The summed E-state index contributed by atoms with van der Waals surface area (Å²) in [4.78, 5) is 22.9. The maximum Gasteiger partial charge on any atom is 0.335 e. The normalized spacial score (nSPS) is 17.8. The number of carbonyl (C=O) groups excluding carboxylic acids is 2. The number of carbonyl (C=O) groups is 2. The van der Waals surface area contributed by atoms with Gasteiger partial charge in [-0.3, -0.25) is 4.79 Å². The van der Waals surface area contributed by atoms with Crippen LogP contribution in [0.1, 0.15) is 12.8 Å². The summed E-state index contributed by atoms with van der Waals surface area (Å²) in [5.74, 6) is -3.31. The van der Waals surface area contributed by atoms with E-state index in [1.165, 1.54) is 6.07 Å². The molecule has 0 radical (unpaired) electrons. The zero-order valence-corrected chi connectivity index (χ0v) is 10.5. The summed E-state index contributed by atoms with van der Waals surface area (Å²) < 4.78 is 35.5. The van der Waals surface area contributed by atoms with Crippen molar-refractivity contribution in [2.24, 2.45) is 0 Å². The standard InChI is InChI=1S/C13H13F2NO4/c14-9-4-3-8(6-10(9)15)16-12(17)7-20-13(18)11-2-1-5-19-11/h3-4,6,11H,1-2,5,7H2,(H,16,17)/t11-/m1/s1. The number of halogens is 2. The highest BCUT2D eigenvalue weighted by Gasteiger charge is 2.25. The number of hydrogen-bond acceptors (Lipinski definition) is 4. The molecule has 1 saturated heterocycles. The number of hydrogen-bond donors (Lipinski definition) is 1. The Morgan fingerprint density at radius 1 is 1.35 bits per heavy atom. The summed E-state index contributed by atoms with van der Waals surface area (Å²) in [5, 5.41) is 2.29. The molecule has 0 spiro atoms. The van der Waals surface area contributed by atoms with Gasteiger partial charge in [-0.25, -0.2) is 13.6 Å². The summed E-state index contributed by atoms with van der Waals surface area (Å²) in [7, 11) is 0. The number of amides is 1. The van der Waals surface area contributed by atoms with E-state index in [1.807, 2.05) is 0 Å². The second-order valence-electron chi connectivity index (χ2n) is 4.29. The van der Waals surface area contributed by atoms with Crippen LogP contribution in [0.15, 0.2) is 18.2 Å². The van der Waals surface area contributed by atoms with Crippen molar-refractivity contribution >= 4 is 17.6 Å². The second kappa shape index (κ2) is 6.42. The third-order valence-electron chi connectivity index (χ3n) is 2.74. The molecule has 1 fully saturated rings. The Balaban J connectivity index is 1.80.